The molecule has 4 rings (SSSR count). The van der Waals surface area contributed by atoms with E-state index in [9.17, 15) is 43.5 Å². The molecule has 0 fully saturated rings. The third-order valence-corrected chi connectivity index (χ3v) is 15.4. The molecule has 0 aliphatic carbocycles. The van der Waals surface area contributed by atoms with Gasteiger partial charge in [-0.1, -0.05) is 160 Å². The molecule has 0 spiro atoms. The summed E-state index contributed by atoms with van der Waals surface area (Å²) in [4.78, 5) is 110. The number of benzene rings is 4. The van der Waals surface area contributed by atoms with E-state index < -0.39 is 76.7 Å². The van der Waals surface area contributed by atoms with Crippen LogP contribution in [0.3, 0.4) is 0 Å². The van der Waals surface area contributed by atoms with Crippen LogP contribution in [0.5, 0.6) is 0 Å². The van der Waals surface area contributed by atoms with Crippen LogP contribution in [0.2, 0.25) is 0 Å². The van der Waals surface area contributed by atoms with Crippen LogP contribution in [0, 0.1) is 24.2 Å². The predicted octanol–water partition coefficient (Wildman–Crippen LogP) is 7.84. The van der Waals surface area contributed by atoms with Crippen molar-refractivity contribution >= 4 is 64.9 Å². The van der Waals surface area contributed by atoms with Gasteiger partial charge in [0, 0.05) is 55.3 Å². The van der Waals surface area contributed by atoms with Crippen LogP contribution in [0.15, 0.2) is 115 Å². The lowest BCUT2D eigenvalue weighted by Crippen LogP contribution is -2.61. The van der Waals surface area contributed by atoms with E-state index in [-0.39, 0.29) is 74.9 Å². The highest BCUT2D eigenvalue weighted by Gasteiger charge is 2.42. The molecular formula is C67H94N10O10. The molecule has 20 nitrogen and oxygen atoms in total. The number of aliphatic carboxylic acids is 1. The summed E-state index contributed by atoms with van der Waals surface area (Å²) in [7, 11) is 3.34. The Bertz CT molecular complexity index is 3030. The Morgan fingerprint density at radius 1 is 0.759 bits per heavy atom. The number of ether oxygens (including phenoxy) is 1. The fraction of sp³-hybridized carbons (Fsp3) is 0.463. The third-order valence-electron chi connectivity index (χ3n) is 15.4. The molecule has 0 aliphatic heterocycles. The maximum absolute atomic E-state index is 14.1. The van der Waals surface area contributed by atoms with Gasteiger partial charge in [0.15, 0.2) is 0 Å². The molecule has 4 aromatic rings. The Balaban J connectivity index is 1.32. The minimum absolute atomic E-state index is 0.0877. The van der Waals surface area contributed by atoms with E-state index >= 15 is 0 Å². The number of rotatable bonds is 33. The Morgan fingerprint density at radius 3 is 1.98 bits per heavy atom. The van der Waals surface area contributed by atoms with Gasteiger partial charge < -0.3 is 57.3 Å². The van der Waals surface area contributed by atoms with Gasteiger partial charge in [0.25, 0.3) is 0 Å². The lowest BCUT2D eigenvalue weighted by Gasteiger charge is -2.40. The number of aryl methyl sites for hydroxylation is 1. The number of nitrogens with one attached hydrogen (secondary N) is 7. The van der Waals surface area contributed by atoms with E-state index in [0.717, 1.165) is 33.4 Å². The number of carboxylic acid groups (broad SMARTS) is 1. The molecule has 8 amide bonds. The zero-order valence-electron chi connectivity index (χ0n) is 53.1. The van der Waals surface area contributed by atoms with Gasteiger partial charge in [-0.2, -0.15) is 0 Å². The van der Waals surface area contributed by atoms with Gasteiger partial charge in [-0.05, 0) is 103 Å². The Labute approximate surface area is 514 Å². The van der Waals surface area contributed by atoms with E-state index in [1.165, 1.54) is 11.8 Å². The SMILES string of the molecule is C=Cc1ccccc1CN(C(=O)CCC(=O)N[C@H](C(=O)N[C@@H](CCCNC(N)=O)C(=O)Nc1ccc(COCNCc2ccc(C(C)(C)[C@H](NC)C(=O)N[C@H](C(=O)N(C)[C@H](/C=C(\C)C(=O)O)C(C)C)C(C)(C)C)cc2)cc1)C(C)C)c1ccccc1C. The van der Waals surface area contributed by atoms with E-state index in [2.05, 4.69) is 43.8 Å². The smallest absolute Gasteiger partial charge is 0.331 e. The first-order chi connectivity index (χ1) is 41.0. The van der Waals surface area contributed by atoms with Crippen molar-refractivity contribution in [2.75, 3.05) is 37.6 Å². The normalized spacial score (nSPS) is 13.5. The van der Waals surface area contributed by atoms with Crippen LogP contribution in [0.25, 0.3) is 6.08 Å². The molecule has 0 radical (unpaired) electrons. The van der Waals surface area contributed by atoms with Crippen molar-refractivity contribution in [1.29, 1.82) is 0 Å². The summed E-state index contributed by atoms with van der Waals surface area (Å²) < 4.78 is 5.92. The number of carbonyl (C=O) groups excluding carboxylic acids is 7. The largest absolute Gasteiger partial charge is 0.478 e. The minimum atomic E-state index is -1.06. The van der Waals surface area contributed by atoms with Gasteiger partial charge in [-0.15, -0.1) is 0 Å². The molecule has 0 saturated heterocycles. The molecule has 0 heterocycles. The number of likely N-dealkylation sites (N-methyl/N-ethyl adjacent to an activating group) is 2. The number of primary amides is 1. The number of urea groups is 1. The van der Waals surface area contributed by atoms with Crippen LogP contribution >= 0.6 is 0 Å². The summed E-state index contributed by atoms with van der Waals surface area (Å²) in [5.41, 5.74) is 10.6. The lowest BCUT2D eigenvalue weighted by atomic mass is 9.76. The quantitative estimate of drug-likeness (QED) is 0.0125. The summed E-state index contributed by atoms with van der Waals surface area (Å²) in [5, 5.41) is 30.0. The Kier molecular flexibility index (Phi) is 27.6. The highest BCUT2D eigenvalue weighted by Crippen LogP contribution is 2.30. The zero-order valence-corrected chi connectivity index (χ0v) is 53.1. The number of para-hydroxylation sites is 1. The lowest BCUT2D eigenvalue weighted by molar-refractivity contribution is -0.141. The molecular weight excluding hydrogens is 1100 g/mol. The van der Waals surface area contributed by atoms with Crippen molar-refractivity contribution in [2.45, 2.75) is 157 Å². The van der Waals surface area contributed by atoms with Crippen molar-refractivity contribution in [3.8, 4) is 0 Å². The standard InChI is InChI=1S/C67H94N10O10/c1-15-48-22-17-18-23-49(48)39-77(53-25-19-16-21-44(53)6)56(79)35-34-55(78)74-57(43(4)5)61(81)73-52(24-20-36-71-65(68)86)60(80)72-51-32-28-47(29-33-51)40-87-41-70-38-46-26-30-50(31-27-46)67(11,12)58(69-13)62(82)75-59(66(8,9)10)63(83)76(14)54(42(2)3)37-45(7)64(84)85/h15-19,21-23,25-33,37,42-43,52,54,57-59,69-70H,1,20,24,34-36,38-41H2,2-14H3,(H,72,80)(H,73,81)(H,74,78)(H,75,82)(H,84,85)(H3,68,71,86)/b45-37+/t52-,54+,57-,58+,59+/m0/s1. The van der Waals surface area contributed by atoms with Gasteiger partial charge >= 0.3 is 12.0 Å². The number of carboxylic acids is 1. The molecule has 472 valence electrons. The number of nitrogens with two attached hydrogens (primary N) is 1. The second-order valence-corrected chi connectivity index (χ2v) is 24.3. The van der Waals surface area contributed by atoms with Crippen LogP contribution in [0.4, 0.5) is 16.2 Å². The second-order valence-electron chi connectivity index (χ2n) is 24.3. The fourth-order valence-electron chi connectivity index (χ4n) is 10.1. The first-order valence-electron chi connectivity index (χ1n) is 29.6. The second kappa shape index (κ2) is 33.6. The van der Waals surface area contributed by atoms with Gasteiger partial charge in [0.1, 0.15) is 18.1 Å². The van der Waals surface area contributed by atoms with E-state index in [0.29, 0.717) is 24.3 Å². The van der Waals surface area contributed by atoms with Crippen molar-refractivity contribution in [2.24, 2.45) is 23.0 Å². The topological polar surface area (TPSA) is 283 Å². The first kappa shape index (κ1) is 71.3. The van der Waals surface area contributed by atoms with E-state index in [1.54, 1.807) is 69.3 Å². The summed E-state index contributed by atoms with van der Waals surface area (Å²) in [6.07, 6.45) is 3.42. The molecule has 0 unspecified atom stereocenters. The first-order valence-corrected chi connectivity index (χ1v) is 29.6. The molecule has 5 atom stereocenters. The average molecular weight is 1200 g/mol. The van der Waals surface area contributed by atoms with Crippen molar-refractivity contribution in [1.82, 2.24) is 36.8 Å². The Hall–Kier alpha value is -8.20. The van der Waals surface area contributed by atoms with Crippen LogP contribution in [-0.2, 0) is 63.4 Å². The van der Waals surface area contributed by atoms with E-state index in [4.69, 9.17) is 10.5 Å². The van der Waals surface area contributed by atoms with E-state index in [1.807, 2.05) is 128 Å². The van der Waals surface area contributed by atoms with Crippen LogP contribution in [0.1, 0.15) is 128 Å². The fourth-order valence-corrected chi connectivity index (χ4v) is 10.1. The summed E-state index contributed by atoms with van der Waals surface area (Å²) in [6.45, 7) is 25.6. The molecule has 87 heavy (non-hydrogen) atoms. The number of anilines is 2. The minimum Gasteiger partial charge on any atom is -0.478 e. The average Bonchev–Trinajstić information content (AvgIpc) is 1.21. The zero-order chi connectivity index (χ0) is 64.8. The predicted molar refractivity (Wildman–Crippen MR) is 342 cm³/mol. The van der Waals surface area contributed by atoms with Gasteiger partial charge in [0.2, 0.25) is 35.4 Å². The van der Waals surface area contributed by atoms with Crippen LogP contribution < -0.4 is 47.9 Å². The van der Waals surface area contributed by atoms with Crippen molar-refractivity contribution < 1.29 is 48.2 Å². The van der Waals surface area contributed by atoms with Crippen molar-refractivity contribution in [3.05, 3.63) is 149 Å². The highest BCUT2D eigenvalue weighted by molar-refractivity contribution is 5.99. The molecule has 0 bridgehead atoms. The van der Waals surface area contributed by atoms with Gasteiger partial charge in [-0.25, -0.2) is 9.59 Å². The Morgan fingerprint density at radius 2 is 1.39 bits per heavy atom. The highest BCUT2D eigenvalue weighted by atomic mass is 16.5. The number of nitrogens with zero attached hydrogens (tertiary/aromatic N) is 2. The summed E-state index contributed by atoms with van der Waals surface area (Å²) >= 11 is 0. The maximum Gasteiger partial charge on any atom is 0.331 e. The molecule has 20 heteroatoms. The number of hydrogen-bond acceptors (Lipinski definition) is 11. The molecule has 0 aromatic heterocycles. The number of amides is 8. The van der Waals surface area contributed by atoms with Crippen molar-refractivity contribution in [3.63, 3.8) is 0 Å². The summed E-state index contributed by atoms with van der Waals surface area (Å²) in [6, 6.07) is 25.1. The molecule has 10 N–H and O–H groups in total. The number of hydrogen-bond donors (Lipinski definition) is 9. The summed E-state index contributed by atoms with van der Waals surface area (Å²) in [5.74, 6) is -4.12. The monoisotopic (exact) mass is 1200 g/mol. The number of carbonyl (C=O) groups is 8. The van der Waals surface area contributed by atoms with Crippen LogP contribution in [-0.4, -0.2) is 115 Å². The molecule has 0 aliphatic rings. The maximum atomic E-state index is 14.1. The van der Waals surface area contributed by atoms with Gasteiger partial charge in [-0.3, -0.25) is 34.1 Å². The molecule has 4 aromatic carbocycles. The molecule has 0 saturated carbocycles. The van der Waals surface area contributed by atoms with Gasteiger partial charge in [0.05, 0.1) is 32.0 Å². The third kappa shape index (κ3) is 21.6.